The zero-order chi connectivity index (χ0) is 5.98. The van der Waals surface area contributed by atoms with E-state index in [1.54, 1.807) is 3.06 Å². The van der Waals surface area contributed by atoms with Crippen LogP contribution in [0.1, 0.15) is 6.92 Å². The topological polar surface area (TPSA) is 0 Å². The number of hydrogen-bond acceptors (Lipinski definition) is 0. The molecule has 0 fully saturated rings. The number of halogens is 1. The average Bonchev–Trinajstić information content (AvgIpc) is 1.77. The first-order valence-corrected chi connectivity index (χ1v) is 8.43. The van der Waals surface area contributed by atoms with Crippen LogP contribution in [-0.4, -0.2) is 26.8 Å². The molecule has 2 heteroatoms. The third-order valence-corrected chi connectivity index (χ3v) is 9.34. The first kappa shape index (κ1) is 7.11. The van der Waals surface area contributed by atoms with E-state index in [4.69, 9.17) is 0 Å². The molecular weight excluding hydrogens is 403 g/mol. The fraction of sp³-hybridized carbons (Fsp3) is 0.167. The van der Waals surface area contributed by atoms with E-state index >= 15 is 0 Å². The van der Waals surface area contributed by atoms with Gasteiger partial charge in [-0.2, -0.15) is 0 Å². The monoisotopic (exact) mass is 410 g/mol. The van der Waals surface area contributed by atoms with Crippen LogP contribution in [0.2, 0.25) is 0 Å². The molecule has 1 heterocycles. The molecule has 40 valence electrons. The van der Waals surface area contributed by atoms with Gasteiger partial charge in [-0.15, -0.1) is 0 Å². The summed E-state index contributed by atoms with van der Waals surface area (Å²) in [5.41, 5.74) is 0. The molecule has 0 aromatic carbocycles. The Labute approximate surface area is 74.9 Å². The van der Waals surface area contributed by atoms with Crippen molar-refractivity contribution in [3.05, 3.63) is 19.4 Å². The van der Waals surface area contributed by atoms with E-state index in [1.165, 1.54) is 3.58 Å². The summed E-state index contributed by atoms with van der Waals surface area (Å²) in [5.74, 6) is 0. The van der Waals surface area contributed by atoms with Crippen molar-refractivity contribution in [1.29, 1.82) is 0 Å². The molecule has 0 N–H and O–H groups in total. The van der Waals surface area contributed by atoms with Crippen LogP contribution < -0.4 is 0 Å². The molecule has 0 saturated heterocycles. The number of allylic oxidation sites excluding steroid dienone is 3. The van der Waals surface area contributed by atoms with Crippen LogP contribution in [0, 0.1) is 0 Å². The zero-order valence-corrected chi connectivity index (χ0v) is 11.3. The van der Waals surface area contributed by atoms with Crippen molar-refractivity contribution in [2.45, 2.75) is 6.92 Å². The van der Waals surface area contributed by atoms with Crippen LogP contribution >= 0.6 is 22.6 Å². The zero-order valence-electron chi connectivity index (χ0n) is 4.69. The first-order valence-electron chi connectivity index (χ1n) is 2.52. The standard InChI is InChI=1S/C6H6I.Tl/c1-3-5-6(7)4-2;/h1,3,5H,2H3;. The summed E-state index contributed by atoms with van der Waals surface area (Å²) in [6.45, 7) is 2.26. The van der Waals surface area contributed by atoms with E-state index < -0.39 is 23.7 Å². The predicted octanol–water partition coefficient (Wildman–Crippen LogP) is 1.73. The normalized spacial score (nSPS) is 16.8. The van der Waals surface area contributed by atoms with Gasteiger partial charge in [0, 0.05) is 0 Å². The molecule has 1 aliphatic heterocycles. The van der Waals surface area contributed by atoms with Gasteiger partial charge >= 0.3 is 75.7 Å². The van der Waals surface area contributed by atoms with Crippen molar-refractivity contribution in [3.8, 4) is 0 Å². The summed E-state index contributed by atoms with van der Waals surface area (Å²) < 4.78 is 5.56. The SMILES string of the molecule is C[C]1=[Tl][CH]=CC=C1I. The van der Waals surface area contributed by atoms with Gasteiger partial charge in [0.25, 0.3) is 0 Å². The van der Waals surface area contributed by atoms with Crippen molar-refractivity contribution in [2.24, 2.45) is 0 Å². The maximum atomic E-state index is 2.41. The van der Waals surface area contributed by atoms with Crippen LogP contribution in [0.15, 0.2) is 19.4 Å². The van der Waals surface area contributed by atoms with Gasteiger partial charge in [-0.3, -0.25) is 0 Å². The van der Waals surface area contributed by atoms with Crippen LogP contribution in [0.25, 0.3) is 0 Å². The van der Waals surface area contributed by atoms with Gasteiger partial charge in [0.2, 0.25) is 0 Å². The molecule has 0 unspecified atom stereocenters. The Kier molecular flexibility index (Phi) is 2.88. The van der Waals surface area contributed by atoms with Crippen molar-refractivity contribution in [3.63, 3.8) is 0 Å². The molecule has 0 nitrogen and oxygen atoms in total. The van der Waals surface area contributed by atoms with E-state index in [0.29, 0.717) is 0 Å². The van der Waals surface area contributed by atoms with E-state index in [1.807, 2.05) is 0 Å². The summed E-state index contributed by atoms with van der Waals surface area (Å²) in [4.78, 5) is 0. The molecule has 0 atom stereocenters. The summed E-state index contributed by atoms with van der Waals surface area (Å²) in [6.07, 6.45) is 4.39. The van der Waals surface area contributed by atoms with Crippen LogP contribution in [0.4, 0.5) is 0 Å². The van der Waals surface area contributed by atoms with Gasteiger partial charge in [0.05, 0.1) is 0 Å². The summed E-state index contributed by atoms with van der Waals surface area (Å²) in [6, 6.07) is 0. The second kappa shape index (κ2) is 3.24. The molecule has 1 aliphatic rings. The average molecular weight is 409 g/mol. The van der Waals surface area contributed by atoms with Gasteiger partial charge in [0.15, 0.2) is 0 Å². The van der Waals surface area contributed by atoms with Crippen LogP contribution in [-0.2, 0) is 0 Å². The molecular formula is C6H6ITl. The van der Waals surface area contributed by atoms with Gasteiger partial charge in [-0.25, -0.2) is 0 Å². The third kappa shape index (κ3) is 1.75. The molecule has 0 amide bonds. The summed E-state index contributed by atoms with van der Waals surface area (Å²) in [7, 11) is 0. The molecule has 0 aromatic rings. The molecule has 0 aromatic heterocycles. The fourth-order valence-electron chi connectivity index (χ4n) is 0.551. The number of hydrogen-bond donors (Lipinski definition) is 0. The molecule has 0 spiro atoms. The molecule has 8 heavy (non-hydrogen) atoms. The third-order valence-electron chi connectivity index (χ3n) is 1.08. The van der Waals surface area contributed by atoms with Gasteiger partial charge in [-0.1, -0.05) is 0 Å². The molecule has 0 saturated carbocycles. The van der Waals surface area contributed by atoms with Crippen LogP contribution in [0.5, 0.6) is 0 Å². The van der Waals surface area contributed by atoms with Crippen molar-refractivity contribution < 1.29 is 0 Å². The minimum absolute atomic E-state index is 0.498. The van der Waals surface area contributed by atoms with Crippen LogP contribution in [0.3, 0.4) is 0 Å². The van der Waals surface area contributed by atoms with E-state index in [0.717, 1.165) is 0 Å². The Balaban J connectivity index is 2.93. The van der Waals surface area contributed by atoms with E-state index in [9.17, 15) is 0 Å². The van der Waals surface area contributed by atoms with Crippen molar-refractivity contribution in [2.75, 3.05) is 0 Å². The fourth-order valence-corrected chi connectivity index (χ4v) is 5.32. The molecule has 0 aliphatic carbocycles. The Hall–Kier alpha value is 1.00. The van der Waals surface area contributed by atoms with E-state index in [-0.39, 0.29) is 0 Å². The van der Waals surface area contributed by atoms with E-state index in [2.05, 4.69) is 45.3 Å². The Morgan fingerprint density at radius 3 is 2.75 bits per heavy atom. The Morgan fingerprint density at radius 1 is 1.62 bits per heavy atom. The summed E-state index contributed by atoms with van der Waals surface area (Å²) in [5, 5.41) is 0. The Bertz CT molecular complexity index is 157. The quantitative estimate of drug-likeness (QED) is 0.422. The molecule has 0 bridgehead atoms. The second-order valence-electron chi connectivity index (χ2n) is 1.75. The first-order chi connectivity index (χ1) is 3.80. The molecule has 0 radical (unpaired) electrons. The number of rotatable bonds is 0. The van der Waals surface area contributed by atoms with Crippen molar-refractivity contribution in [1.82, 2.24) is 0 Å². The maximum absolute atomic E-state index is 2.41. The van der Waals surface area contributed by atoms with Gasteiger partial charge in [-0.05, 0) is 0 Å². The predicted molar refractivity (Wildman–Crippen MR) is 47.7 cm³/mol. The van der Waals surface area contributed by atoms with Gasteiger partial charge in [0.1, 0.15) is 0 Å². The molecule has 1 rings (SSSR count). The van der Waals surface area contributed by atoms with Gasteiger partial charge < -0.3 is 0 Å². The second-order valence-corrected chi connectivity index (χ2v) is 9.07. The minimum atomic E-state index is -0.498. The summed E-state index contributed by atoms with van der Waals surface area (Å²) >= 11 is 1.91. The van der Waals surface area contributed by atoms with Crippen molar-refractivity contribution >= 4 is 49.4 Å². The Morgan fingerprint density at radius 2 is 2.38 bits per heavy atom.